The summed E-state index contributed by atoms with van der Waals surface area (Å²) in [6, 6.07) is 1.96. The molecular weight excluding hydrogens is 314 g/mol. The van der Waals surface area contributed by atoms with Crippen LogP contribution < -0.4 is 4.90 Å². The molecule has 0 N–H and O–H groups in total. The Kier molecular flexibility index (Phi) is 4.24. The molecule has 0 aliphatic rings. The summed E-state index contributed by atoms with van der Waals surface area (Å²) >= 11 is 1.56. The zero-order valence-electron chi connectivity index (χ0n) is 13.2. The highest BCUT2D eigenvalue weighted by Crippen LogP contribution is 2.30. The van der Waals surface area contributed by atoms with Crippen LogP contribution >= 0.6 is 11.3 Å². The Hall–Kier alpha value is -2.48. The maximum atomic E-state index is 11.8. The first-order chi connectivity index (χ1) is 11.1. The summed E-state index contributed by atoms with van der Waals surface area (Å²) in [6.07, 6.45) is 3.41. The summed E-state index contributed by atoms with van der Waals surface area (Å²) in [6.45, 7) is 2.25. The standard InChI is InChI=1S/C15H17N5O2S/c1-4-22-11(21)9-20-7-6-16-14(20)12-13-10(5-8-23-13)17-15(18-12)19(2)3/h5-8H,4,9H2,1-3H3. The van der Waals surface area contributed by atoms with E-state index in [0.29, 0.717) is 18.4 Å². The summed E-state index contributed by atoms with van der Waals surface area (Å²) in [5.74, 6) is 0.948. The number of ether oxygens (including phenoxy) is 1. The Labute approximate surface area is 137 Å². The number of esters is 1. The SMILES string of the molecule is CCOC(=O)Cn1ccnc1-c1nc(N(C)C)nc2ccsc12. The van der Waals surface area contributed by atoms with Gasteiger partial charge in [0.2, 0.25) is 5.95 Å². The minimum atomic E-state index is -0.295. The molecule has 0 bridgehead atoms. The molecule has 3 rings (SSSR count). The lowest BCUT2D eigenvalue weighted by molar-refractivity contribution is -0.143. The summed E-state index contributed by atoms with van der Waals surface area (Å²) in [4.78, 5) is 27.1. The fraction of sp³-hybridized carbons (Fsp3) is 0.333. The van der Waals surface area contributed by atoms with E-state index in [9.17, 15) is 4.79 Å². The summed E-state index contributed by atoms with van der Waals surface area (Å²) in [7, 11) is 3.78. The molecule has 3 aromatic heterocycles. The fourth-order valence-electron chi connectivity index (χ4n) is 2.20. The molecule has 0 fully saturated rings. The van der Waals surface area contributed by atoms with Gasteiger partial charge < -0.3 is 14.2 Å². The lowest BCUT2D eigenvalue weighted by Crippen LogP contribution is -2.15. The smallest absolute Gasteiger partial charge is 0.325 e. The molecule has 3 heterocycles. The molecule has 0 aromatic carbocycles. The van der Waals surface area contributed by atoms with Gasteiger partial charge >= 0.3 is 5.97 Å². The maximum absolute atomic E-state index is 11.8. The van der Waals surface area contributed by atoms with Crippen molar-refractivity contribution in [2.24, 2.45) is 0 Å². The quantitative estimate of drug-likeness (QED) is 0.667. The molecule has 0 unspecified atom stereocenters. The molecule has 0 amide bonds. The van der Waals surface area contributed by atoms with Crippen molar-refractivity contribution in [3.8, 4) is 11.5 Å². The molecule has 0 aliphatic heterocycles. The average Bonchev–Trinajstić information content (AvgIpc) is 3.14. The Morgan fingerprint density at radius 3 is 2.96 bits per heavy atom. The van der Waals surface area contributed by atoms with Crippen molar-refractivity contribution in [2.75, 3.05) is 25.6 Å². The third kappa shape index (κ3) is 3.02. The monoisotopic (exact) mass is 331 g/mol. The van der Waals surface area contributed by atoms with E-state index in [1.54, 1.807) is 35.2 Å². The number of hydrogen-bond donors (Lipinski definition) is 0. The van der Waals surface area contributed by atoms with Crippen molar-refractivity contribution >= 4 is 33.5 Å². The maximum Gasteiger partial charge on any atom is 0.325 e. The fourth-order valence-corrected chi connectivity index (χ4v) is 3.02. The minimum Gasteiger partial charge on any atom is -0.465 e. The van der Waals surface area contributed by atoms with E-state index in [4.69, 9.17) is 4.74 Å². The number of rotatable bonds is 5. The van der Waals surface area contributed by atoms with Gasteiger partial charge in [-0.3, -0.25) is 4.79 Å². The van der Waals surface area contributed by atoms with Crippen LogP contribution in [0.15, 0.2) is 23.8 Å². The second-order valence-electron chi connectivity index (χ2n) is 5.09. The first kappa shape index (κ1) is 15.4. The predicted octanol–water partition coefficient (Wildman–Crippen LogP) is 2.18. The van der Waals surface area contributed by atoms with Crippen LogP contribution in [0.25, 0.3) is 21.7 Å². The molecule has 3 aromatic rings. The van der Waals surface area contributed by atoms with E-state index in [0.717, 1.165) is 15.9 Å². The van der Waals surface area contributed by atoms with Gasteiger partial charge in [0.15, 0.2) is 5.82 Å². The largest absolute Gasteiger partial charge is 0.465 e. The molecule has 8 heteroatoms. The van der Waals surface area contributed by atoms with Crippen LogP contribution in [0.1, 0.15) is 6.92 Å². The van der Waals surface area contributed by atoms with Gasteiger partial charge in [0, 0.05) is 26.5 Å². The number of hydrogen-bond acceptors (Lipinski definition) is 7. The number of nitrogens with zero attached hydrogens (tertiary/aromatic N) is 5. The summed E-state index contributed by atoms with van der Waals surface area (Å²) in [5, 5.41) is 1.97. The number of fused-ring (bicyclic) bond motifs is 1. The molecule has 0 atom stereocenters. The number of imidazole rings is 1. The highest BCUT2D eigenvalue weighted by atomic mass is 32.1. The van der Waals surface area contributed by atoms with Crippen LogP contribution in [-0.4, -0.2) is 46.2 Å². The highest BCUT2D eigenvalue weighted by Gasteiger charge is 2.17. The van der Waals surface area contributed by atoms with Crippen LogP contribution in [-0.2, 0) is 16.1 Å². The van der Waals surface area contributed by atoms with E-state index >= 15 is 0 Å². The number of anilines is 1. The van der Waals surface area contributed by atoms with Crippen molar-refractivity contribution in [1.82, 2.24) is 19.5 Å². The zero-order chi connectivity index (χ0) is 16.4. The van der Waals surface area contributed by atoms with Gasteiger partial charge in [-0.1, -0.05) is 0 Å². The molecule has 0 saturated carbocycles. The molecule has 120 valence electrons. The van der Waals surface area contributed by atoms with Gasteiger partial charge in [0.25, 0.3) is 0 Å². The van der Waals surface area contributed by atoms with Gasteiger partial charge in [0.05, 0.1) is 16.8 Å². The predicted molar refractivity (Wildman–Crippen MR) is 89.6 cm³/mol. The molecule has 0 aliphatic carbocycles. The van der Waals surface area contributed by atoms with E-state index in [1.807, 2.05) is 30.4 Å². The molecule has 0 radical (unpaired) electrons. The van der Waals surface area contributed by atoms with Crippen molar-refractivity contribution in [1.29, 1.82) is 0 Å². The molecule has 0 spiro atoms. The average molecular weight is 331 g/mol. The van der Waals surface area contributed by atoms with Crippen molar-refractivity contribution in [3.63, 3.8) is 0 Å². The third-order valence-electron chi connectivity index (χ3n) is 3.22. The Balaban J connectivity index is 2.08. The second-order valence-corrected chi connectivity index (χ2v) is 6.00. The third-order valence-corrected chi connectivity index (χ3v) is 4.13. The number of carbonyl (C=O) groups is 1. The minimum absolute atomic E-state index is 0.108. The van der Waals surface area contributed by atoms with Gasteiger partial charge in [0.1, 0.15) is 12.2 Å². The number of carbonyl (C=O) groups excluding carboxylic acids is 1. The first-order valence-corrected chi connectivity index (χ1v) is 8.07. The Morgan fingerprint density at radius 1 is 1.39 bits per heavy atom. The number of aromatic nitrogens is 4. The van der Waals surface area contributed by atoms with Crippen molar-refractivity contribution < 1.29 is 9.53 Å². The lowest BCUT2D eigenvalue weighted by Gasteiger charge is -2.13. The molecule has 0 saturated heterocycles. The van der Waals surface area contributed by atoms with Crippen LogP contribution in [0, 0.1) is 0 Å². The second kappa shape index (κ2) is 6.33. The topological polar surface area (TPSA) is 73.1 Å². The summed E-state index contributed by atoms with van der Waals surface area (Å²) < 4.78 is 7.71. The van der Waals surface area contributed by atoms with Gasteiger partial charge in [-0.2, -0.15) is 0 Å². The zero-order valence-corrected chi connectivity index (χ0v) is 14.0. The van der Waals surface area contributed by atoms with Gasteiger partial charge in [-0.25, -0.2) is 15.0 Å². The van der Waals surface area contributed by atoms with Crippen molar-refractivity contribution in [2.45, 2.75) is 13.5 Å². The van der Waals surface area contributed by atoms with Crippen LogP contribution in [0.4, 0.5) is 5.95 Å². The van der Waals surface area contributed by atoms with E-state index in [-0.39, 0.29) is 12.5 Å². The molecular formula is C15H17N5O2S. The van der Waals surface area contributed by atoms with Gasteiger partial charge in [-0.15, -0.1) is 11.3 Å². The van der Waals surface area contributed by atoms with E-state index in [1.165, 1.54) is 0 Å². The Morgan fingerprint density at radius 2 is 2.22 bits per heavy atom. The molecule has 23 heavy (non-hydrogen) atoms. The van der Waals surface area contributed by atoms with Gasteiger partial charge in [-0.05, 0) is 18.4 Å². The summed E-state index contributed by atoms with van der Waals surface area (Å²) in [5.41, 5.74) is 1.59. The Bertz CT molecular complexity index is 839. The van der Waals surface area contributed by atoms with E-state index in [2.05, 4.69) is 15.0 Å². The molecule has 7 nitrogen and oxygen atoms in total. The van der Waals surface area contributed by atoms with Crippen LogP contribution in [0.3, 0.4) is 0 Å². The lowest BCUT2D eigenvalue weighted by atomic mass is 10.3. The first-order valence-electron chi connectivity index (χ1n) is 7.20. The highest BCUT2D eigenvalue weighted by molar-refractivity contribution is 7.17. The van der Waals surface area contributed by atoms with Crippen LogP contribution in [0.2, 0.25) is 0 Å². The van der Waals surface area contributed by atoms with Crippen molar-refractivity contribution in [3.05, 3.63) is 23.8 Å². The number of thiophene rings is 1. The van der Waals surface area contributed by atoms with E-state index < -0.39 is 0 Å². The normalized spacial score (nSPS) is 10.9. The van der Waals surface area contributed by atoms with Crippen LogP contribution in [0.5, 0.6) is 0 Å².